The van der Waals surface area contributed by atoms with Gasteiger partial charge in [-0.2, -0.15) is 26.3 Å². The summed E-state index contributed by atoms with van der Waals surface area (Å²) in [7, 11) is 0. The quantitative estimate of drug-likeness (QED) is 0.421. The van der Waals surface area contributed by atoms with Crippen molar-refractivity contribution < 1.29 is 41.0 Å². The van der Waals surface area contributed by atoms with Crippen LogP contribution in [-0.2, 0) is 17.1 Å². The Hall–Kier alpha value is -2.36. The van der Waals surface area contributed by atoms with Gasteiger partial charge in [-0.3, -0.25) is 0 Å². The molecule has 0 bridgehead atoms. The lowest BCUT2D eigenvalue weighted by atomic mass is 9.99. The highest BCUT2D eigenvalue weighted by Gasteiger charge is 2.35. The first-order chi connectivity index (χ1) is 13.3. The fourth-order valence-electron chi connectivity index (χ4n) is 2.48. The normalized spacial score (nSPS) is 13.2. The van der Waals surface area contributed by atoms with Crippen LogP contribution in [0.3, 0.4) is 0 Å². The molecule has 29 heavy (non-hydrogen) atoms. The van der Waals surface area contributed by atoms with Gasteiger partial charge in [0.05, 0.1) is 11.1 Å². The van der Waals surface area contributed by atoms with Crippen molar-refractivity contribution in [3.63, 3.8) is 0 Å². The second-order valence-corrected chi connectivity index (χ2v) is 7.25. The molecule has 0 fully saturated rings. The van der Waals surface area contributed by atoms with E-state index in [1.807, 2.05) is 0 Å². The Labute approximate surface area is 166 Å². The van der Waals surface area contributed by atoms with E-state index in [0.717, 1.165) is 30.8 Å². The van der Waals surface area contributed by atoms with Gasteiger partial charge in [0.2, 0.25) is 0 Å². The monoisotopic (exact) mass is 438 g/mol. The molecule has 0 spiro atoms. The summed E-state index contributed by atoms with van der Waals surface area (Å²) >= 11 is 0.950. The molecule has 2 rings (SSSR count). The summed E-state index contributed by atoms with van der Waals surface area (Å²) < 4.78 is 84.9. The second-order valence-electron chi connectivity index (χ2n) is 5.95. The first-order valence-corrected chi connectivity index (χ1v) is 9.28. The lowest BCUT2D eigenvalue weighted by Gasteiger charge is -2.19. The highest BCUT2D eigenvalue weighted by molar-refractivity contribution is 7.99. The molecular weight excluding hydrogens is 422 g/mol. The van der Waals surface area contributed by atoms with Crippen molar-refractivity contribution in [2.75, 3.05) is 5.75 Å². The van der Waals surface area contributed by atoms with Gasteiger partial charge in [0, 0.05) is 10.5 Å². The first kappa shape index (κ1) is 22.9. The molecule has 1 N–H and O–H groups in total. The third kappa shape index (κ3) is 5.59. The number of hydrogen-bond acceptors (Lipinski definition) is 3. The summed E-state index contributed by atoms with van der Waals surface area (Å²) in [6.07, 6.45) is -10.9. The number of halogens is 6. The van der Waals surface area contributed by atoms with E-state index in [1.165, 1.54) is 12.1 Å². The van der Waals surface area contributed by atoms with E-state index >= 15 is 0 Å². The zero-order valence-electron chi connectivity index (χ0n) is 15.2. The Morgan fingerprint density at radius 1 is 1.07 bits per heavy atom. The molecule has 158 valence electrons. The van der Waals surface area contributed by atoms with Gasteiger partial charge in [0.15, 0.2) is 6.10 Å². The summed E-state index contributed by atoms with van der Waals surface area (Å²) in [5.41, 5.74) is -2.54. The fourth-order valence-corrected chi connectivity index (χ4v) is 3.28. The van der Waals surface area contributed by atoms with Crippen LogP contribution in [0.5, 0.6) is 5.75 Å². The van der Waals surface area contributed by atoms with E-state index in [1.54, 1.807) is 6.92 Å². The number of alkyl halides is 6. The summed E-state index contributed by atoms with van der Waals surface area (Å²) in [4.78, 5) is 11.0. The minimum absolute atomic E-state index is 0.0582. The van der Waals surface area contributed by atoms with E-state index in [2.05, 4.69) is 0 Å². The first-order valence-electron chi connectivity index (χ1n) is 8.29. The van der Waals surface area contributed by atoms with E-state index < -0.39 is 35.6 Å². The van der Waals surface area contributed by atoms with Crippen molar-refractivity contribution in [3.05, 3.63) is 47.5 Å². The summed E-state index contributed by atoms with van der Waals surface area (Å²) in [5, 5.41) is 8.98. The molecule has 0 heterocycles. The third-order valence-corrected chi connectivity index (χ3v) is 4.81. The minimum atomic E-state index is -4.74. The Morgan fingerprint density at radius 3 is 2.24 bits per heavy atom. The van der Waals surface area contributed by atoms with E-state index in [-0.39, 0.29) is 21.8 Å². The average molecular weight is 438 g/mol. The zero-order valence-corrected chi connectivity index (χ0v) is 16.0. The van der Waals surface area contributed by atoms with Crippen LogP contribution >= 0.6 is 11.8 Å². The smallest absolute Gasteiger partial charge is 0.417 e. The van der Waals surface area contributed by atoms with E-state index in [9.17, 15) is 31.1 Å². The third-order valence-electron chi connectivity index (χ3n) is 3.85. The van der Waals surface area contributed by atoms with Crippen LogP contribution in [0.1, 0.15) is 25.0 Å². The van der Waals surface area contributed by atoms with Crippen LogP contribution in [-0.4, -0.2) is 22.9 Å². The molecule has 0 aliphatic carbocycles. The number of carbonyl (C=O) groups is 1. The van der Waals surface area contributed by atoms with Gasteiger partial charge in [0.25, 0.3) is 0 Å². The second kappa shape index (κ2) is 8.56. The predicted molar refractivity (Wildman–Crippen MR) is 96.0 cm³/mol. The Kier molecular flexibility index (Phi) is 6.77. The number of carboxylic acid groups (broad SMARTS) is 1. The average Bonchev–Trinajstić information content (AvgIpc) is 2.60. The van der Waals surface area contributed by atoms with Crippen LogP contribution in [0.15, 0.2) is 41.3 Å². The Bertz CT molecular complexity index is 892. The lowest BCUT2D eigenvalue weighted by Crippen LogP contribution is -2.23. The topological polar surface area (TPSA) is 46.5 Å². The molecule has 0 aliphatic heterocycles. The molecule has 0 radical (unpaired) electrons. The maximum absolute atomic E-state index is 13.5. The highest BCUT2D eigenvalue weighted by Crippen LogP contribution is 2.42. The van der Waals surface area contributed by atoms with Crippen LogP contribution in [0, 0.1) is 0 Å². The molecule has 2 aromatic carbocycles. The van der Waals surface area contributed by atoms with Gasteiger partial charge in [-0.15, -0.1) is 11.8 Å². The van der Waals surface area contributed by atoms with Crippen LogP contribution < -0.4 is 4.74 Å². The summed E-state index contributed by atoms with van der Waals surface area (Å²) in [6.45, 7) is 2.83. The number of aliphatic carboxylic acids is 1. The maximum Gasteiger partial charge on any atom is 0.417 e. The molecule has 2 aromatic rings. The zero-order chi connectivity index (χ0) is 22.0. The number of thioether (sulfide) groups is 1. The fraction of sp³-hybridized carbons (Fsp3) is 0.316. The van der Waals surface area contributed by atoms with Gasteiger partial charge in [-0.1, -0.05) is 13.0 Å². The molecule has 3 nitrogen and oxygen atoms in total. The van der Waals surface area contributed by atoms with Crippen molar-refractivity contribution in [1.29, 1.82) is 0 Å². The Morgan fingerprint density at radius 2 is 1.72 bits per heavy atom. The number of benzene rings is 2. The number of hydrogen-bond donors (Lipinski definition) is 1. The molecule has 1 atom stereocenters. The molecule has 0 saturated carbocycles. The SMILES string of the molecule is CCSc1ccc(-c2cc(C(F)(F)F)ccc2OC(C)C(=O)O)cc1C(F)(F)F. The van der Waals surface area contributed by atoms with Gasteiger partial charge < -0.3 is 9.84 Å². The maximum atomic E-state index is 13.5. The van der Waals surface area contributed by atoms with Gasteiger partial charge in [-0.05, 0) is 48.6 Å². The molecule has 0 saturated heterocycles. The lowest BCUT2D eigenvalue weighted by molar-refractivity contribution is -0.144. The van der Waals surface area contributed by atoms with Gasteiger partial charge in [0.1, 0.15) is 5.75 Å². The van der Waals surface area contributed by atoms with Crippen molar-refractivity contribution in [2.24, 2.45) is 0 Å². The van der Waals surface area contributed by atoms with E-state index in [0.29, 0.717) is 17.9 Å². The molecule has 1 unspecified atom stereocenters. The van der Waals surface area contributed by atoms with Crippen molar-refractivity contribution in [3.8, 4) is 16.9 Å². The van der Waals surface area contributed by atoms with Crippen LogP contribution in [0.4, 0.5) is 26.3 Å². The standard InChI is InChI=1S/C19H16F6O3S/c1-3-29-16-7-4-11(8-14(16)19(23,24)25)13-9-12(18(20,21)22)5-6-15(13)28-10(2)17(26)27/h4-10H,3H2,1-2H3,(H,26,27). The van der Waals surface area contributed by atoms with Crippen molar-refractivity contribution >= 4 is 17.7 Å². The number of carboxylic acids is 1. The highest BCUT2D eigenvalue weighted by atomic mass is 32.2. The molecule has 0 aromatic heterocycles. The summed E-state index contributed by atoms with van der Waals surface area (Å²) in [5.74, 6) is -1.27. The van der Waals surface area contributed by atoms with Gasteiger partial charge in [-0.25, -0.2) is 4.79 Å². The van der Waals surface area contributed by atoms with Crippen LogP contribution in [0.25, 0.3) is 11.1 Å². The summed E-state index contributed by atoms with van der Waals surface area (Å²) in [6, 6.07) is 5.40. The minimum Gasteiger partial charge on any atom is -0.479 e. The molecule has 0 amide bonds. The number of ether oxygens (including phenoxy) is 1. The van der Waals surface area contributed by atoms with E-state index in [4.69, 9.17) is 9.84 Å². The van der Waals surface area contributed by atoms with Crippen LogP contribution in [0.2, 0.25) is 0 Å². The predicted octanol–water partition coefficient (Wildman–Crippen LogP) is 6.36. The van der Waals surface area contributed by atoms with Crippen molar-refractivity contribution in [2.45, 2.75) is 37.2 Å². The largest absolute Gasteiger partial charge is 0.479 e. The van der Waals surface area contributed by atoms with Gasteiger partial charge >= 0.3 is 18.3 Å². The molecular formula is C19H16F6O3S. The number of rotatable bonds is 6. The molecule has 10 heteroatoms. The Balaban J connectivity index is 2.68. The molecule has 0 aliphatic rings. The van der Waals surface area contributed by atoms with Crippen molar-refractivity contribution in [1.82, 2.24) is 0 Å².